The van der Waals surface area contributed by atoms with E-state index in [0.717, 1.165) is 37.5 Å². The van der Waals surface area contributed by atoms with Gasteiger partial charge in [0.2, 0.25) is 0 Å². The highest BCUT2D eigenvalue weighted by molar-refractivity contribution is 5.02. The number of hydrogen-bond donors (Lipinski definition) is 0. The Kier molecular flexibility index (Phi) is 4.37. The van der Waals surface area contributed by atoms with Crippen molar-refractivity contribution < 1.29 is 9.26 Å². The first-order valence-electron chi connectivity index (χ1n) is 6.42. The summed E-state index contributed by atoms with van der Waals surface area (Å²) in [4.78, 5) is 4.65. The number of methoxy groups -OCH3 is 1. The van der Waals surface area contributed by atoms with Gasteiger partial charge in [-0.1, -0.05) is 5.16 Å². The molecule has 1 saturated heterocycles. The SMILES string of the molecule is CO[C@H]1C[C@@H](CN(C)Cc2cc(C)no2)N(C)C1. The van der Waals surface area contributed by atoms with Crippen molar-refractivity contribution in [2.75, 3.05) is 34.3 Å². The Balaban J connectivity index is 1.82. The third-order valence-electron chi connectivity index (χ3n) is 3.61. The lowest BCUT2D eigenvalue weighted by Crippen LogP contribution is -2.36. The molecular formula is C13H23N3O2. The van der Waals surface area contributed by atoms with Crippen LogP contribution in [0.3, 0.4) is 0 Å². The van der Waals surface area contributed by atoms with Gasteiger partial charge in [-0.3, -0.25) is 9.80 Å². The molecule has 0 radical (unpaired) electrons. The predicted octanol–water partition coefficient (Wildman–Crippen LogP) is 1.13. The molecule has 0 amide bonds. The van der Waals surface area contributed by atoms with Crippen molar-refractivity contribution in [1.82, 2.24) is 15.0 Å². The Hall–Kier alpha value is -0.910. The Morgan fingerprint density at radius 3 is 2.94 bits per heavy atom. The van der Waals surface area contributed by atoms with Crippen LogP contribution in [0.4, 0.5) is 0 Å². The van der Waals surface area contributed by atoms with Crippen molar-refractivity contribution in [3.8, 4) is 0 Å². The maximum absolute atomic E-state index is 5.43. The van der Waals surface area contributed by atoms with Crippen LogP contribution in [0.5, 0.6) is 0 Å². The minimum atomic E-state index is 0.376. The molecule has 0 spiro atoms. The molecule has 1 aliphatic heterocycles. The summed E-state index contributed by atoms with van der Waals surface area (Å²) in [5.74, 6) is 0.930. The van der Waals surface area contributed by atoms with Gasteiger partial charge in [0.1, 0.15) is 0 Å². The first-order chi connectivity index (χ1) is 8.58. The van der Waals surface area contributed by atoms with Crippen molar-refractivity contribution >= 4 is 0 Å². The number of nitrogens with zero attached hydrogens (tertiary/aromatic N) is 3. The smallest absolute Gasteiger partial charge is 0.150 e. The van der Waals surface area contributed by atoms with Gasteiger partial charge in [-0.15, -0.1) is 0 Å². The number of aromatic nitrogens is 1. The lowest BCUT2D eigenvalue weighted by molar-refractivity contribution is 0.111. The molecule has 0 saturated carbocycles. The molecule has 2 heterocycles. The molecule has 1 aromatic rings. The second-order valence-corrected chi connectivity index (χ2v) is 5.32. The predicted molar refractivity (Wildman–Crippen MR) is 69.4 cm³/mol. The molecule has 1 aliphatic rings. The summed E-state index contributed by atoms with van der Waals surface area (Å²) in [6, 6.07) is 2.55. The van der Waals surface area contributed by atoms with Crippen LogP contribution in [-0.4, -0.2) is 61.4 Å². The van der Waals surface area contributed by atoms with Gasteiger partial charge in [-0.05, 0) is 27.4 Å². The van der Waals surface area contributed by atoms with Crippen molar-refractivity contribution in [2.45, 2.75) is 32.0 Å². The molecule has 5 nitrogen and oxygen atoms in total. The highest BCUT2D eigenvalue weighted by atomic mass is 16.5. The van der Waals surface area contributed by atoms with E-state index < -0.39 is 0 Å². The summed E-state index contributed by atoms with van der Waals surface area (Å²) >= 11 is 0. The topological polar surface area (TPSA) is 41.7 Å². The first kappa shape index (κ1) is 13.5. The first-order valence-corrected chi connectivity index (χ1v) is 6.42. The molecule has 0 aliphatic carbocycles. The Morgan fingerprint density at radius 1 is 1.61 bits per heavy atom. The zero-order valence-electron chi connectivity index (χ0n) is 11.7. The number of aryl methyl sites for hydroxylation is 1. The molecule has 1 fully saturated rings. The fourth-order valence-electron chi connectivity index (χ4n) is 2.59. The Labute approximate surface area is 109 Å². The van der Waals surface area contributed by atoms with Gasteiger partial charge in [0.25, 0.3) is 0 Å². The van der Waals surface area contributed by atoms with E-state index in [1.54, 1.807) is 7.11 Å². The van der Waals surface area contributed by atoms with Gasteiger partial charge >= 0.3 is 0 Å². The van der Waals surface area contributed by atoms with E-state index in [2.05, 4.69) is 29.1 Å². The molecule has 0 aromatic carbocycles. The fraction of sp³-hybridized carbons (Fsp3) is 0.769. The van der Waals surface area contributed by atoms with Crippen LogP contribution < -0.4 is 0 Å². The van der Waals surface area contributed by atoms with E-state index in [1.165, 1.54) is 0 Å². The van der Waals surface area contributed by atoms with E-state index >= 15 is 0 Å². The molecule has 1 aromatic heterocycles. The molecule has 0 unspecified atom stereocenters. The van der Waals surface area contributed by atoms with Crippen LogP contribution in [0.2, 0.25) is 0 Å². The van der Waals surface area contributed by atoms with Crippen molar-refractivity contribution in [1.29, 1.82) is 0 Å². The third kappa shape index (κ3) is 3.31. The molecule has 102 valence electrons. The monoisotopic (exact) mass is 253 g/mol. The van der Waals surface area contributed by atoms with Crippen LogP contribution in [-0.2, 0) is 11.3 Å². The average Bonchev–Trinajstić information content (AvgIpc) is 2.86. The van der Waals surface area contributed by atoms with E-state index in [4.69, 9.17) is 9.26 Å². The number of ether oxygens (including phenoxy) is 1. The molecule has 18 heavy (non-hydrogen) atoms. The Morgan fingerprint density at radius 2 is 2.39 bits per heavy atom. The third-order valence-corrected chi connectivity index (χ3v) is 3.61. The van der Waals surface area contributed by atoms with Gasteiger partial charge in [0, 0.05) is 32.3 Å². The van der Waals surface area contributed by atoms with Gasteiger partial charge in [-0.25, -0.2) is 0 Å². The summed E-state index contributed by atoms with van der Waals surface area (Å²) < 4.78 is 10.7. The standard InChI is InChI=1S/C13H23N3O2/c1-10-5-13(18-14-10)8-15(2)7-11-6-12(17-4)9-16(11)3/h5,11-12H,6-9H2,1-4H3/t11-,12-/m0/s1. The van der Waals surface area contributed by atoms with Crippen LogP contribution in [0.1, 0.15) is 17.9 Å². The minimum Gasteiger partial charge on any atom is -0.380 e. The van der Waals surface area contributed by atoms with Gasteiger partial charge in [0.05, 0.1) is 18.3 Å². The van der Waals surface area contributed by atoms with Crippen molar-refractivity contribution in [3.63, 3.8) is 0 Å². The maximum atomic E-state index is 5.43. The second-order valence-electron chi connectivity index (χ2n) is 5.32. The Bertz CT molecular complexity index is 380. The summed E-state index contributed by atoms with van der Waals surface area (Å²) in [5, 5.41) is 3.91. The van der Waals surface area contributed by atoms with Crippen molar-refractivity contribution in [2.24, 2.45) is 0 Å². The number of rotatable bonds is 5. The average molecular weight is 253 g/mol. The fourth-order valence-corrected chi connectivity index (χ4v) is 2.59. The summed E-state index contributed by atoms with van der Waals surface area (Å²) in [7, 11) is 6.07. The number of likely N-dealkylation sites (tertiary alicyclic amines) is 1. The van der Waals surface area contributed by atoms with E-state index in [0.29, 0.717) is 12.1 Å². The van der Waals surface area contributed by atoms with Crippen LogP contribution in [0, 0.1) is 6.92 Å². The minimum absolute atomic E-state index is 0.376. The summed E-state index contributed by atoms with van der Waals surface area (Å²) in [5.41, 5.74) is 0.941. The van der Waals surface area contributed by atoms with E-state index in [9.17, 15) is 0 Å². The van der Waals surface area contributed by atoms with Gasteiger partial charge < -0.3 is 9.26 Å². The molecular weight excluding hydrogens is 230 g/mol. The van der Waals surface area contributed by atoms with Crippen LogP contribution >= 0.6 is 0 Å². The largest absolute Gasteiger partial charge is 0.380 e. The van der Waals surface area contributed by atoms with E-state index in [-0.39, 0.29) is 0 Å². The maximum Gasteiger partial charge on any atom is 0.150 e. The highest BCUT2D eigenvalue weighted by Crippen LogP contribution is 2.19. The highest BCUT2D eigenvalue weighted by Gasteiger charge is 2.30. The molecule has 2 atom stereocenters. The molecule has 0 N–H and O–H groups in total. The molecule has 0 bridgehead atoms. The zero-order chi connectivity index (χ0) is 13.1. The lowest BCUT2D eigenvalue weighted by Gasteiger charge is -2.24. The van der Waals surface area contributed by atoms with Gasteiger partial charge in [0.15, 0.2) is 5.76 Å². The molecule has 2 rings (SSSR count). The summed E-state index contributed by atoms with van der Waals surface area (Å²) in [6.07, 6.45) is 1.48. The number of hydrogen-bond acceptors (Lipinski definition) is 5. The van der Waals surface area contributed by atoms with E-state index in [1.807, 2.05) is 13.0 Å². The lowest BCUT2D eigenvalue weighted by atomic mass is 10.2. The van der Waals surface area contributed by atoms with Gasteiger partial charge in [-0.2, -0.15) is 0 Å². The van der Waals surface area contributed by atoms with Crippen LogP contribution in [0.25, 0.3) is 0 Å². The number of likely N-dealkylation sites (N-methyl/N-ethyl adjacent to an activating group) is 2. The summed E-state index contributed by atoms with van der Waals surface area (Å²) in [6.45, 7) is 4.80. The second kappa shape index (κ2) is 5.82. The molecule has 5 heteroatoms. The quantitative estimate of drug-likeness (QED) is 0.787. The normalized spacial score (nSPS) is 25.2. The van der Waals surface area contributed by atoms with Crippen LogP contribution in [0.15, 0.2) is 10.6 Å². The van der Waals surface area contributed by atoms with Crippen molar-refractivity contribution in [3.05, 3.63) is 17.5 Å². The zero-order valence-corrected chi connectivity index (χ0v) is 11.7.